The molecule has 4 fully saturated rings. The molecule has 5 heteroatoms. The molecule has 3 heterocycles. The lowest BCUT2D eigenvalue weighted by Gasteiger charge is -2.29. The van der Waals surface area contributed by atoms with E-state index in [0.717, 1.165) is 24.9 Å². The maximum absolute atomic E-state index is 12.9. The van der Waals surface area contributed by atoms with E-state index in [9.17, 15) is 9.59 Å². The predicted octanol–water partition coefficient (Wildman–Crippen LogP) is 3.00. The average molecular weight is 383 g/mol. The second-order valence-electron chi connectivity index (χ2n) is 9.24. The summed E-state index contributed by atoms with van der Waals surface area (Å²) in [6.45, 7) is 2.12. The van der Waals surface area contributed by atoms with E-state index in [0.29, 0.717) is 37.3 Å². The summed E-state index contributed by atoms with van der Waals surface area (Å²) in [7, 11) is 0. The monoisotopic (exact) mass is 382 g/mol. The van der Waals surface area contributed by atoms with E-state index >= 15 is 0 Å². The number of amides is 2. The molecule has 150 valence electrons. The number of carbonyl (C=O) groups is 2. The van der Waals surface area contributed by atoms with E-state index in [-0.39, 0.29) is 23.5 Å². The smallest absolute Gasteiger partial charge is 0.253 e. The Bertz CT molecular complexity index is 745. The Morgan fingerprint density at radius 3 is 2.71 bits per heavy atom. The van der Waals surface area contributed by atoms with Crippen molar-refractivity contribution in [2.24, 2.45) is 17.8 Å². The molecule has 1 aliphatic carbocycles. The van der Waals surface area contributed by atoms with Crippen LogP contribution in [-0.4, -0.2) is 48.1 Å². The van der Waals surface area contributed by atoms with E-state index in [1.165, 1.54) is 25.7 Å². The summed E-state index contributed by atoms with van der Waals surface area (Å²) in [5.74, 6) is 1.54. The first kappa shape index (κ1) is 18.2. The second-order valence-corrected chi connectivity index (χ2v) is 9.24. The Morgan fingerprint density at radius 2 is 1.93 bits per heavy atom. The molecule has 1 aromatic carbocycles. The number of ether oxygens (including phenoxy) is 1. The molecule has 4 aliphatic rings. The molecule has 3 saturated heterocycles. The number of nitrogens with one attached hydrogen (secondary N) is 1. The zero-order chi connectivity index (χ0) is 19.1. The zero-order valence-electron chi connectivity index (χ0n) is 16.4. The number of rotatable bonds is 5. The number of carbonyl (C=O) groups excluding carboxylic acids is 2. The first-order valence-electron chi connectivity index (χ1n) is 10.9. The maximum Gasteiger partial charge on any atom is 0.253 e. The molecule has 0 aromatic heterocycles. The summed E-state index contributed by atoms with van der Waals surface area (Å²) < 4.78 is 6.43. The first-order chi connectivity index (χ1) is 13.6. The van der Waals surface area contributed by atoms with E-state index in [1.54, 1.807) is 0 Å². The standard InChI is InChI=1S/C23H30N2O3/c26-21(12-16-6-4-5-7-16)24-13-18-19-14-25(15-23(19)11-10-20(18)28-23)22(27)17-8-2-1-3-9-17/h1-3,8-9,16,18-20H,4-7,10-15H2,(H,24,26)/t18-,19+,20+,23+/m0/s1. The maximum atomic E-state index is 12.9. The van der Waals surface area contributed by atoms with Crippen LogP contribution in [0.3, 0.4) is 0 Å². The van der Waals surface area contributed by atoms with Crippen LogP contribution in [0.25, 0.3) is 0 Å². The normalized spacial score (nSPS) is 34.0. The van der Waals surface area contributed by atoms with Gasteiger partial charge in [-0.25, -0.2) is 0 Å². The third-order valence-corrected chi connectivity index (χ3v) is 7.58. The fourth-order valence-electron chi connectivity index (χ4n) is 6.16. The van der Waals surface area contributed by atoms with Crippen molar-refractivity contribution in [2.45, 2.75) is 56.7 Å². The highest BCUT2D eigenvalue weighted by Gasteiger charge is 2.63. The van der Waals surface area contributed by atoms with Gasteiger partial charge in [0.1, 0.15) is 0 Å². The van der Waals surface area contributed by atoms with Crippen LogP contribution < -0.4 is 5.32 Å². The van der Waals surface area contributed by atoms with Crippen LogP contribution in [-0.2, 0) is 9.53 Å². The third kappa shape index (κ3) is 3.14. The van der Waals surface area contributed by atoms with Crippen LogP contribution in [0.4, 0.5) is 0 Å². The molecule has 2 bridgehead atoms. The fraction of sp³-hybridized carbons (Fsp3) is 0.652. The van der Waals surface area contributed by atoms with Gasteiger partial charge in [0, 0.05) is 36.9 Å². The number of hydrogen-bond donors (Lipinski definition) is 1. The van der Waals surface area contributed by atoms with Crippen LogP contribution >= 0.6 is 0 Å². The molecule has 1 saturated carbocycles. The Labute approximate surface area is 166 Å². The van der Waals surface area contributed by atoms with Gasteiger partial charge >= 0.3 is 0 Å². The van der Waals surface area contributed by atoms with Gasteiger partial charge < -0.3 is 15.0 Å². The van der Waals surface area contributed by atoms with Gasteiger partial charge in [-0.15, -0.1) is 0 Å². The number of hydrogen-bond acceptors (Lipinski definition) is 3. The number of benzene rings is 1. The Kier molecular flexibility index (Phi) is 4.66. The molecule has 0 radical (unpaired) electrons. The highest BCUT2D eigenvalue weighted by Crippen LogP contribution is 2.54. The van der Waals surface area contributed by atoms with E-state index in [4.69, 9.17) is 4.74 Å². The highest BCUT2D eigenvalue weighted by molar-refractivity contribution is 5.94. The molecular weight excluding hydrogens is 352 g/mol. The van der Waals surface area contributed by atoms with Crippen molar-refractivity contribution in [3.8, 4) is 0 Å². The molecule has 1 N–H and O–H groups in total. The van der Waals surface area contributed by atoms with Gasteiger partial charge in [0.2, 0.25) is 5.91 Å². The fourth-order valence-corrected chi connectivity index (χ4v) is 6.16. The van der Waals surface area contributed by atoms with E-state index < -0.39 is 0 Å². The van der Waals surface area contributed by atoms with Gasteiger partial charge in [-0.05, 0) is 43.7 Å². The SMILES string of the molecule is O=C(CC1CCCC1)NC[C@H]1[C@H]2CN(C(=O)c3ccccc3)C[C@]23CC[C@H]1O3. The minimum absolute atomic E-state index is 0.0976. The van der Waals surface area contributed by atoms with Gasteiger partial charge in [0.05, 0.1) is 18.2 Å². The van der Waals surface area contributed by atoms with Gasteiger partial charge in [0.15, 0.2) is 0 Å². The van der Waals surface area contributed by atoms with Crippen molar-refractivity contribution >= 4 is 11.8 Å². The summed E-state index contributed by atoms with van der Waals surface area (Å²) in [5.41, 5.74) is 0.561. The minimum atomic E-state index is -0.185. The van der Waals surface area contributed by atoms with E-state index in [2.05, 4.69) is 5.32 Å². The molecule has 5 nitrogen and oxygen atoms in total. The van der Waals surface area contributed by atoms with Crippen molar-refractivity contribution in [3.63, 3.8) is 0 Å². The first-order valence-corrected chi connectivity index (χ1v) is 10.9. The largest absolute Gasteiger partial charge is 0.369 e. The lowest BCUT2D eigenvalue weighted by molar-refractivity contribution is -0.122. The molecule has 28 heavy (non-hydrogen) atoms. The van der Waals surface area contributed by atoms with Crippen molar-refractivity contribution in [2.75, 3.05) is 19.6 Å². The zero-order valence-corrected chi connectivity index (χ0v) is 16.4. The second kappa shape index (κ2) is 7.18. The molecular formula is C23H30N2O3. The Hall–Kier alpha value is -1.88. The third-order valence-electron chi connectivity index (χ3n) is 7.58. The molecule has 1 spiro atoms. The topological polar surface area (TPSA) is 58.6 Å². The van der Waals surface area contributed by atoms with Crippen LogP contribution in [0.15, 0.2) is 30.3 Å². The quantitative estimate of drug-likeness (QED) is 0.852. The lowest BCUT2D eigenvalue weighted by Crippen LogP contribution is -2.42. The number of fused-ring (bicyclic) bond motifs is 1. The summed E-state index contributed by atoms with van der Waals surface area (Å²) in [5, 5.41) is 3.20. The molecule has 0 unspecified atom stereocenters. The number of likely N-dealkylation sites (tertiary alicyclic amines) is 1. The van der Waals surface area contributed by atoms with Gasteiger partial charge in [0.25, 0.3) is 5.91 Å². The van der Waals surface area contributed by atoms with Crippen LogP contribution in [0.1, 0.15) is 55.3 Å². The Morgan fingerprint density at radius 1 is 1.14 bits per heavy atom. The van der Waals surface area contributed by atoms with Crippen molar-refractivity contribution in [3.05, 3.63) is 35.9 Å². The van der Waals surface area contributed by atoms with E-state index in [1.807, 2.05) is 35.2 Å². The average Bonchev–Trinajstić information content (AvgIpc) is 3.48. The van der Waals surface area contributed by atoms with Crippen molar-refractivity contribution in [1.29, 1.82) is 0 Å². The predicted molar refractivity (Wildman–Crippen MR) is 106 cm³/mol. The molecule has 5 rings (SSSR count). The van der Waals surface area contributed by atoms with Gasteiger partial charge in [-0.2, -0.15) is 0 Å². The molecule has 1 aromatic rings. The van der Waals surface area contributed by atoms with Crippen LogP contribution in [0.2, 0.25) is 0 Å². The van der Waals surface area contributed by atoms with Crippen LogP contribution in [0.5, 0.6) is 0 Å². The Balaban J connectivity index is 1.22. The lowest BCUT2D eigenvalue weighted by atomic mass is 9.73. The molecule has 3 aliphatic heterocycles. The number of nitrogens with zero attached hydrogens (tertiary/aromatic N) is 1. The molecule has 2 amide bonds. The van der Waals surface area contributed by atoms with Gasteiger partial charge in [-0.1, -0.05) is 31.0 Å². The molecule has 4 atom stereocenters. The van der Waals surface area contributed by atoms with Gasteiger partial charge in [-0.3, -0.25) is 9.59 Å². The van der Waals surface area contributed by atoms with Crippen LogP contribution in [0, 0.1) is 17.8 Å². The minimum Gasteiger partial charge on any atom is -0.369 e. The van der Waals surface area contributed by atoms with Crippen molar-refractivity contribution in [1.82, 2.24) is 10.2 Å². The summed E-state index contributed by atoms with van der Waals surface area (Å²) in [6.07, 6.45) is 7.94. The summed E-state index contributed by atoms with van der Waals surface area (Å²) in [6, 6.07) is 9.52. The van der Waals surface area contributed by atoms with Crippen molar-refractivity contribution < 1.29 is 14.3 Å². The summed E-state index contributed by atoms with van der Waals surface area (Å²) in [4.78, 5) is 27.3. The highest BCUT2D eigenvalue weighted by atomic mass is 16.5. The summed E-state index contributed by atoms with van der Waals surface area (Å²) >= 11 is 0.